The van der Waals surface area contributed by atoms with Crippen molar-refractivity contribution < 1.29 is 23.9 Å². The molecule has 0 saturated carbocycles. The highest BCUT2D eigenvalue weighted by molar-refractivity contribution is 5.84. The fraction of sp³-hybridized carbons (Fsp3) is 0.857. The maximum Gasteiger partial charge on any atom is 0.410 e. The average molecular weight is 397 g/mol. The number of amides is 2. The molecule has 0 aromatic rings. The van der Waals surface area contributed by atoms with E-state index in [2.05, 4.69) is 0 Å². The molecule has 28 heavy (non-hydrogen) atoms. The Morgan fingerprint density at radius 2 is 1.75 bits per heavy atom. The van der Waals surface area contributed by atoms with Gasteiger partial charge in [0.1, 0.15) is 12.1 Å². The number of hydrogen-bond donors (Lipinski definition) is 0. The number of likely N-dealkylation sites (tertiary alicyclic amines) is 2. The lowest BCUT2D eigenvalue weighted by atomic mass is 9.85. The van der Waals surface area contributed by atoms with Gasteiger partial charge in [0.2, 0.25) is 5.91 Å². The molecule has 0 aliphatic carbocycles. The standard InChI is InChI=1S/C21H36N2O5/c1-5-27-18(24)15-23-12-6-7-17(19(23)25)9-8-16-10-13-22(14-11-16)20(26)28-21(2,3)4/h16-17H,5-15H2,1-4H3. The summed E-state index contributed by atoms with van der Waals surface area (Å²) in [6.07, 6.45) is 5.35. The number of esters is 1. The number of nitrogens with zero attached hydrogens (tertiary/aromatic N) is 2. The molecule has 0 aromatic heterocycles. The van der Waals surface area contributed by atoms with Gasteiger partial charge in [-0.3, -0.25) is 9.59 Å². The van der Waals surface area contributed by atoms with E-state index in [1.807, 2.05) is 20.8 Å². The predicted octanol–water partition coefficient (Wildman–Crippen LogP) is 3.22. The van der Waals surface area contributed by atoms with Crippen molar-refractivity contribution >= 4 is 18.0 Å². The molecular weight excluding hydrogens is 360 g/mol. The summed E-state index contributed by atoms with van der Waals surface area (Å²) in [6, 6.07) is 0. The van der Waals surface area contributed by atoms with E-state index < -0.39 is 5.60 Å². The minimum absolute atomic E-state index is 0.00654. The Kier molecular flexibility index (Phi) is 8.13. The van der Waals surface area contributed by atoms with Gasteiger partial charge >= 0.3 is 12.1 Å². The van der Waals surface area contributed by atoms with Gasteiger partial charge < -0.3 is 19.3 Å². The highest BCUT2D eigenvalue weighted by Gasteiger charge is 2.32. The van der Waals surface area contributed by atoms with Crippen LogP contribution in [0.25, 0.3) is 0 Å². The first-order chi connectivity index (χ1) is 13.2. The monoisotopic (exact) mass is 396 g/mol. The molecule has 1 atom stereocenters. The smallest absolute Gasteiger partial charge is 0.410 e. The maximum absolute atomic E-state index is 12.7. The topological polar surface area (TPSA) is 76.2 Å². The summed E-state index contributed by atoms with van der Waals surface area (Å²) in [5.74, 6) is 0.301. The highest BCUT2D eigenvalue weighted by atomic mass is 16.6. The molecule has 2 saturated heterocycles. The maximum atomic E-state index is 12.7. The Bertz CT molecular complexity index is 549. The molecule has 2 heterocycles. The van der Waals surface area contributed by atoms with Gasteiger partial charge in [-0.25, -0.2) is 4.79 Å². The third-order valence-electron chi connectivity index (χ3n) is 5.46. The number of carbonyl (C=O) groups is 3. The first-order valence-electron chi connectivity index (χ1n) is 10.6. The van der Waals surface area contributed by atoms with Gasteiger partial charge in [0.05, 0.1) is 6.61 Å². The third kappa shape index (κ3) is 6.99. The van der Waals surface area contributed by atoms with Crippen LogP contribution in [-0.2, 0) is 19.1 Å². The zero-order valence-corrected chi connectivity index (χ0v) is 17.9. The number of carbonyl (C=O) groups excluding carboxylic acids is 3. The first kappa shape index (κ1) is 22.5. The number of hydrogen-bond acceptors (Lipinski definition) is 5. The highest BCUT2D eigenvalue weighted by Crippen LogP contribution is 2.29. The van der Waals surface area contributed by atoms with Gasteiger partial charge in [-0.2, -0.15) is 0 Å². The Morgan fingerprint density at radius 1 is 1.07 bits per heavy atom. The van der Waals surface area contributed by atoms with Crippen LogP contribution in [0.4, 0.5) is 4.79 Å². The summed E-state index contributed by atoms with van der Waals surface area (Å²) >= 11 is 0. The summed E-state index contributed by atoms with van der Waals surface area (Å²) in [5.41, 5.74) is -0.468. The summed E-state index contributed by atoms with van der Waals surface area (Å²) < 4.78 is 10.4. The van der Waals surface area contributed by atoms with Crippen LogP contribution in [0.5, 0.6) is 0 Å². The largest absolute Gasteiger partial charge is 0.465 e. The fourth-order valence-corrected chi connectivity index (χ4v) is 3.98. The summed E-state index contributed by atoms with van der Waals surface area (Å²) in [5, 5.41) is 0. The van der Waals surface area contributed by atoms with E-state index in [9.17, 15) is 14.4 Å². The SMILES string of the molecule is CCOC(=O)CN1CCCC(CCC2CCN(C(=O)OC(C)(C)C)CC2)C1=O. The molecule has 2 amide bonds. The van der Waals surface area contributed by atoms with Crippen LogP contribution in [0.3, 0.4) is 0 Å². The number of ether oxygens (including phenoxy) is 2. The van der Waals surface area contributed by atoms with E-state index in [-0.39, 0.29) is 30.4 Å². The van der Waals surface area contributed by atoms with E-state index in [0.717, 1.165) is 38.5 Å². The van der Waals surface area contributed by atoms with Gasteiger partial charge in [0.25, 0.3) is 0 Å². The molecule has 2 fully saturated rings. The fourth-order valence-electron chi connectivity index (χ4n) is 3.98. The predicted molar refractivity (Wildman–Crippen MR) is 106 cm³/mol. The Balaban J connectivity index is 1.73. The summed E-state index contributed by atoms with van der Waals surface area (Å²) in [6.45, 7) is 9.89. The molecule has 2 aliphatic heterocycles. The lowest BCUT2D eigenvalue weighted by molar-refractivity contribution is -0.152. The van der Waals surface area contributed by atoms with Crippen LogP contribution in [0, 0.1) is 11.8 Å². The Hall–Kier alpha value is -1.79. The van der Waals surface area contributed by atoms with Crippen LogP contribution in [0.15, 0.2) is 0 Å². The second-order valence-corrected chi connectivity index (χ2v) is 8.89. The van der Waals surface area contributed by atoms with Gasteiger partial charge in [-0.15, -0.1) is 0 Å². The zero-order chi connectivity index (χ0) is 20.7. The number of rotatable bonds is 6. The van der Waals surface area contributed by atoms with Crippen molar-refractivity contribution in [3.8, 4) is 0 Å². The molecule has 0 bridgehead atoms. The second kappa shape index (κ2) is 10.1. The molecule has 7 heteroatoms. The van der Waals surface area contributed by atoms with Crippen molar-refractivity contribution in [3.05, 3.63) is 0 Å². The Labute approximate surface area is 168 Å². The summed E-state index contributed by atoms with van der Waals surface area (Å²) in [7, 11) is 0. The minimum Gasteiger partial charge on any atom is -0.465 e. The normalized spacial score (nSPS) is 21.6. The molecule has 2 aliphatic rings. The van der Waals surface area contributed by atoms with E-state index in [1.54, 1.807) is 16.7 Å². The van der Waals surface area contributed by atoms with E-state index in [1.165, 1.54) is 0 Å². The van der Waals surface area contributed by atoms with Crippen LogP contribution < -0.4 is 0 Å². The molecule has 0 radical (unpaired) electrons. The van der Waals surface area contributed by atoms with Gasteiger partial charge in [0.15, 0.2) is 0 Å². The zero-order valence-electron chi connectivity index (χ0n) is 17.9. The molecule has 0 N–H and O–H groups in total. The molecule has 7 nitrogen and oxygen atoms in total. The van der Waals surface area contributed by atoms with Crippen molar-refractivity contribution in [2.45, 2.75) is 71.8 Å². The molecule has 2 rings (SSSR count). The van der Waals surface area contributed by atoms with E-state index in [0.29, 0.717) is 32.2 Å². The molecule has 0 spiro atoms. The van der Waals surface area contributed by atoms with Crippen LogP contribution in [0.1, 0.15) is 66.2 Å². The molecular formula is C21H36N2O5. The van der Waals surface area contributed by atoms with Crippen LogP contribution in [-0.4, -0.2) is 66.2 Å². The quantitative estimate of drug-likeness (QED) is 0.645. The van der Waals surface area contributed by atoms with E-state index in [4.69, 9.17) is 9.47 Å². The van der Waals surface area contributed by atoms with Crippen molar-refractivity contribution in [3.63, 3.8) is 0 Å². The number of piperidine rings is 2. The lowest BCUT2D eigenvalue weighted by Crippen LogP contribution is -2.44. The van der Waals surface area contributed by atoms with Crippen LogP contribution in [0.2, 0.25) is 0 Å². The van der Waals surface area contributed by atoms with Crippen LogP contribution >= 0.6 is 0 Å². The van der Waals surface area contributed by atoms with Gasteiger partial charge in [-0.05, 0) is 72.1 Å². The molecule has 160 valence electrons. The van der Waals surface area contributed by atoms with Crippen molar-refractivity contribution in [2.24, 2.45) is 11.8 Å². The van der Waals surface area contributed by atoms with E-state index >= 15 is 0 Å². The molecule has 0 aromatic carbocycles. The summed E-state index contributed by atoms with van der Waals surface area (Å²) in [4.78, 5) is 39.9. The van der Waals surface area contributed by atoms with Gasteiger partial charge in [0, 0.05) is 25.6 Å². The van der Waals surface area contributed by atoms with Crippen molar-refractivity contribution in [2.75, 3.05) is 32.8 Å². The second-order valence-electron chi connectivity index (χ2n) is 8.89. The van der Waals surface area contributed by atoms with Gasteiger partial charge in [-0.1, -0.05) is 0 Å². The van der Waals surface area contributed by atoms with Crippen molar-refractivity contribution in [1.82, 2.24) is 9.80 Å². The Morgan fingerprint density at radius 3 is 2.36 bits per heavy atom. The average Bonchev–Trinajstić information content (AvgIpc) is 2.61. The lowest BCUT2D eigenvalue weighted by Gasteiger charge is -2.35. The molecule has 1 unspecified atom stereocenters. The third-order valence-corrected chi connectivity index (χ3v) is 5.46. The minimum atomic E-state index is -0.468. The van der Waals surface area contributed by atoms with Crippen molar-refractivity contribution in [1.29, 1.82) is 0 Å². The first-order valence-corrected chi connectivity index (χ1v) is 10.6.